The molecule has 0 atom stereocenters. The normalized spacial score (nSPS) is 12.3. The Labute approximate surface area is 366 Å². The summed E-state index contributed by atoms with van der Waals surface area (Å²) in [5, 5.41) is 2.98. The predicted molar refractivity (Wildman–Crippen MR) is 254 cm³/mol. The number of benzene rings is 5. The number of carbonyl (C=O) groups is 2. The smallest absolute Gasteiger partial charge is 0.333 e. The minimum atomic E-state index is -0.333. The molecule has 0 amide bonds. The molecule has 0 aromatic heterocycles. The Morgan fingerprint density at radius 2 is 0.852 bits per heavy atom. The summed E-state index contributed by atoms with van der Waals surface area (Å²) < 4.78 is 10.3. The zero-order valence-electron chi connectivity index (χ0n) is 38.0. The van der Waals surface area contributed by atoms with Gasteiger partial charge in [-0.1, -0.05) is 97.1 Å². The van der Waals surface area contributed by atoms with Gasteiger partial charge in [0.1, 0.15) is 0 Å². The Morgan fingerprint density at radius 3 is 1.26 bits per heavy atom. The van der Waals surface area contributed by atoms with E-state index in [9.17, 15) is 9.59 Å². The van der Waals surface area contributed by atoms with E-state index in [2.05, 4.69) is 114 Å². The van der Waals surface area contributed by atoms with Crippen molar-refractivity contribution in [3.05, 3.63) is 175 Å². The zero-order chi connectivity index (χ0) is 43.5. The van der Waals surface area contributed by atoms with Gasteiger partial charge in [0.25, 0.3) is 0 Å². The molecule has 0 fully saturated rings. The molecule has 0 saturated heterocycles. The van der Waals surface area contributed by atoms with E-state index in [4.69, 9.17) is 9.47 Å². The monoisotopic (exact) mass is 817 g/mol. The molecule has 0 saturated carbocycles. The van der Waals surface area contributed by atoms with E-state index < -0.39 is 0 Å². The number of unbranched alkanes of at least 4 members (excludes halogenated alkanes) is 1. The Morgan fingerprint density at radius 1 is 0.459 bits per heavy atom. The van der Waals surface area contributed by atoms with Gasteiger partial charge in [0.05, 0.1) is 13.2 Å². The van der Waals surface area contributed by atoms with Gasteiger partial charge < -0.3 is 9.47 Å². The van der Waals surface area contributed by atoms with Crippen LogP contribution in [0.15, 0.2) is 97.1 Å². The number of esters is 2. The summed E-state index contributed by atoms with van der Waals surface area (Å²) in [7, 11) is 0. The van der Waals surface area contributed by atoms with Crippen LogP contribution < -0.4 is 0 Å². The highest BCUT2D eigenvalue weighted by Crippen LogP contribution is 2.30. The van der Waals surface area contributed by atoms with Crippen LogP contribution in [-0.4, -0.2) is 25.2 Å². The molecule has 0 spiro atoms. The van der Waals surface area contributed by atoms with Crippen molar-refractivity contribution in [3.8, 4) is 0 Å². The lowest BCUT2D eigenvalue weighted by Gasteiger charge is -2.19. The first kappa shape index (κ1) is 45.3. The van der Waals surface area contributed by atoms with Crippen molar-refractivity contribution in [2.45, 2.75) is 138 Å². The molecule has 320 valence electrons. The number of aryl methyl sites for hydroxylation is 14. The standard InChI is InChI=1S/C35H38.C22H30O4/c1-24-18-32(8-4-3-6-26-10-12-28-14-16-30(28)22-26)34-20-25(2)19-33(35(34)21-24)9-5-7-27-11-13-29-15-17-31(29)23-27;1-15(2)21(23)25-11-7-9-19-13-18(6)20(14-17(19)5)10-8-12-26-22(24)16(3)4/h10-13,18-23H,3-9,14-17H2,1-2H3;13-14H,1,3,7-12H2,2,4-6H3. The van der Waals surface area contributed by atoms with Crippen LogP contribution >= 0.6 is 0 Å². The van der Waals surface area contributed by atoms with Crippen LogP contribution in [-0.2, 0) is 83.3 Å². The fourth-order valence-corrected chi connectivity index (χ4v) is 8.86. The Hall–Kier alpha value is -5.22. The maximum absolute atomic E-state index is 11.4. The molecule has 0 heterocycles. The van der Waals surface area contributed by atoms with Crippen LogP contribution in [0.3, 0.4) is 0 Å². The number of hydrogen-bond donors (Lipinski definition) is 0. The third kappa shape index (κ3) is 12.7. The van der Waals surface area contributed by atoms with Gasteiger partial charge in [0, 0.05) is 11.1 Å². The number of hydrogen-bond acceptors (Lipinski definition) is 4. The molecule has 0 bridgehead atoms. The van der Waals surface area contributed by atoms with Crippen molar-refractivity contribution in [2.24, 2.45) is 0 Å². The summed E-state index contributed by atoms with van der Waals surface area (Å²) in [4.78, 5) is 22.7. The summed E-state index contributed by atoms with van der Waals surface area (Å²) >= 11 is 0. The summed E-state index contributed by atoms with van der Waals surface area (Å²) in [5.41, 5.74) is 21.1. The molecule has 0 N–H and O–H groups in total. The average molecular weight is 817 g/mol. The van der Waals surface area contributed by atoms with E-state index in [-0.39, 0.29) is 11.9 Å². The molecule has 2 aliphatic carbocycles. The van der Waals surface area contributed by atoms with Gasteiger partial charge in [-0.2, -0.15) is 0 Å². The van der Waals surface area contributed by atoms with Crippen molar-refractivity contribution in [3.63, 3.8) is 0 Å². The summed E-state index contributed by atoms with van der Waals surface area (Å²) in [6.45, 7) is 20.0. The minimum absolute atomic E-state index is 0.333. The van der Waals surface area contributed by atoms with E-state index in [0.717, 1.165) is 32.1 Å². The number of rotatable bonds is 19. The van der Waals surface area contributed by atoms with Gasteiger partial charge in [0.15, 0.2) is 0 Å². The number of ether oxygens (including phenoxy) is 2. The molecule has 61 heavy (non-hydrogen) atoms. The highest BCUT2D eigenvalue weighted by atomic mass is 16.5. The van der Waals surface area contributed by atoms with Crippen LogP contribution in [0.2, 0.25) is 0 Å². The molecule has 4 nitrogen and oxygen atoms in total. The van der Waals surface area contributed by atoms with Crippen molar-refractivity contribution in [2.75, 3.05) is 13.2 Å². The Bertz CT molecular complexity index is 2330. The zero-order valence-corrected chi connectivity index (χ0v) is 38.0. The third-order valence-corrected chi connectivity index (χ3v) is 12.6. The van der Waals surface area contributed by atoms with Crippen molar-refractivity contribution >= 4 is 22.7 Å². The van der Waals surface area contributed by atoms with E-state index in [1.807, 2.05) is 0 Å². The molecular weight excluding hydrogens is 749 g/mol. The molecule has 4 heteroatoms. The van der Waals surface area contributed by atoms with E-state index in [1.165, 1.54) is 125 Å². The lowest BCUT2D eigenvalue weighted by Crippen LogP contribution is -2.08. The number of fused-ring (bicyclic) bond motifs is 3. The second kappa shape index (κ2) is 21.5. The topological polar surface area (TPSA) is 52.6 Å². The van der Waals surface area contributed by atoms with Crippen LogP contribution in [0.5, 0.6) is 0 Å². The second-order valence-corrected chi connectivity index (χ2v) is 18.0. The summed E-state index contributed by atoms with van der Waals surface area (Å²) in [5.74, 6) is -0.666. The predicted octanol–water partition coefficient (Wildman–Crippen LogP) is 12.8. The van der Waals surface area contributed by atoms with Crippen molar-refractivity contribution in [1.29, 1.82) is 0 Å². The van der Waals surface area contributed by atoms with Crippen molar-refractivity contribution in [1.82, 2.24) is 0 Å². The van der Waals surface area contributed by atoms with E-state index >= 15 is 0 Å². The average Bonchev–Trinajstić information content (AvgIpc) is 3.20. The highest BCUT2D eigenvalue weighted by molar-refractivity contribution is 5.90. The fraction of sp³-hybridized carbons (Fsp3) is 0.404. The van der Waals surface area contributed by atoms with E-state index in [0.29, 0.717) is 24.4 Å². The van der Waals surface area contributed by atoms with Gasteiger partial charge in [-0.05, 0) is 215 Å². The lowest BCUT2D eigenvalue weighted by molar-refractivity contribution is -0.139. The first-order chi connectivity index (χ1) is 29.3. The first-order valence-electron chi connectivity index (χ1n) is 22.8. The van der Waals surface area contributed by atoms with Gasteiger partial charge in [-0.25, -0.2) is 9.59 Å². The molecule has 2 aliphatic rings. The van der Waals surface area contributed by atoms with Gasteiger partial charge in [-0.15, -0.1) is 0 Å². The Kier molecular flexibility index (Phi) is 16.0. The molecule has 5 aromatic rings. The fourth-order valence-electron chi connectivity index (χ4n) is 8.86. The lowest BCUT2D eigenvalue weighted by atomic mass is 9.86. The molecule has 5 aromatic carbocycles. The summed E-state index contributed by atoms with van der Waals surface area (Å²) in [6.07, 6.45) is 16.9. The van der Waals surface area contributed by atoms with Crippen molar-refractivity contribution < 1.29 is 19.1 Å². The first-order valence-corrected chi connectivity index (χ1v) is 22.8. The maximum Gasteiger partial charge on any atom is 0.333 e. The van der Waals surface area contributed by atoms with Gasteiger partial charge >= 0.3 is 11.9 Å². The molecule has 0 aliphatic heterocycles. The minimum Gasteiger partial charge on any atom is -0.462 e. The largest absolute Gasteiger partial charge is 0.462 e. The highest BCUT2D eigenvalue weighted by Gasteiger charge is 2.15. The molecule has 0 unspecified atom stereocenters. The summed E-state index contributed by atoms with van der Waals surface area (Å²) in [6, 6.07) is 28.5. The van der Waals surface area contributed by atoms with Gasteiger partial charge in [-0.3, -0.25) is 0 Å². The third-order valence-electron chi connectivity index (χ3n) is 12.6. The van der Waals surface area contributed by atoms with Crippen LogP contribution in [0, 0.1) is 27.7 Å². The van der Waals surface area contributed by atoms with Crippen LogP contribution in [0.25, 0.3) is 10.8 Å². The Balaban J connectivity index is 0.000000215. The second-order valence-electron chi connectivity index (χ2n) is 18.0. The molecule has 7 rings (SSSR count). The quantitative estimate of drug-likeness (QED) is 0.0473. The molecule has 0 radical (unpaired) electrons. The number of carbonyl (C=O) groups excluding carboxylic acids is 2. The molecular formula is C57H68O4. The van der Waals surface area contributed by atoms with Crippen LogP contribution in [0.1, 0.15) is 124 Å². The van der Waals surface area contributed by atoms with Crippen LogP contribution in [0.4, 0.5) is 0 Å². The van der Waals surface area contributed by atoms with Gasteiger partial charge in [0.2, 0.25) is 0 Å². The maximum atomic E-state index is 11.4. The van der Waals surface area contributed by atoms with E-state index in [1.54, 1.807) is 41.7 Å². The SMILES string of the molecule is C=C(C)C(=O)OCCCc1cc(C)c(CCCOC(=O)C(=C)C)cc1C.Cc1cc(CCCc2ccc3c(c2)CC3)c2cc(C)cc(CCCCc3ccc4c(c3)CC4)c2c1.